The number of fused-ring (bicyclic) bond motifs is 1. The number of phenolic OH excluding ortho intramolecular Hbond substituents is 2. The third kappa shape index (κ3) is 3.53. The molecule has 0 bridgehead atoms. The summed E-state index contributed by atoms with van der Waals surface area (Å²) in [4.78, 5) is 10.0. The van der Waals surface area contributed by atoms with Crippen molar-refractivity contribution in [1.29, 1.82) is 0 Å². The van der Waals surface area contributed by atoms with Gasteiger partial charge in [-0.1, -0.05) is 30.3 Å². The molecule has 0 radical (unpaired) electrons. The van der Waals surface area contributed by atoms with Crippen LogP contribution in [0.25, 0.3) is 10.8 Å². The van der Waals surface area contributed by atoms with E-state index >= 15 is 0 Å². The van der Waals surface area contributed by atoms with Gasteiger partial charge in [-0.25, -0.2) is 0 Å². The van der Waals surface area contributed by atoms with Crippen LogP contribution < -0.4 is 29.6 Å². The van der Waals surface area contributed by atoms with Gasteiger partial charge in [0, 0.05) is 11.5 Å². The van der Waals surface area contributed by atoms with Gasteiger partial charge in [0.2, 0.25) is 0 Å². The minimum atomic E-state index is -0.614. The fourth-order valence-electron chi connectivity index (χ4n) is 2.16. The number of nitro groups is 1. The number of aromatic hydroxyl groups is 2. The molecule has 0 unspecified atom stereocenters. The molecular formula is C16H12N3NaO4. The fraction of sp³-hybridized carbons (Fsp3) is 0. The van der Waals surface area contributed by atoms with Crippen LogP contribution in [0.4, 0.5) is 17.1 Å². The van der Waals surface area contributed by atoms with Crippen LogP contribution in [0.5, 0.6) is 11.5 Å². The summed E-state index contributed by atoms with van der Waals surface area (Å²) in [7, 11) is 0. The van der Waals surface area contributed by atoms with E-state index in [1.165, 1.54) is 18.2 Å². The van der Waals surface area contributed by atoms with Crippen LogP contribution in [0, 0.1) is 10.1 Å². The predicted octanol–water partition coefficient (Wildman–Crippen LogP) is 1.69. The number of non-ortho nitro benzene ring substituents is 1. The zero-order chi connectivity index (χ0) is 16.4. The van der Waals surface area contributed by atoms with E-state index in [0.29, 0.717) is 5.39 Å². The Morgan fingerprint density at radius 3 is 2.42 bits per heavy atom. The summed E-state index contributed by atoms with van der Waals surface area (Å²) in [6.07, 6.45) is 0. The zero-order valence-corrected chi connectivity index (χ0v) is 14.7. The number of phenols is 2. The molecule has 0 spiro atoms. The molecule has 24 heavy (non-hydrogen) atoms. The van der Waals surface area contributed by atoms with E-state index in [0.717, 1.165) is 11.5 Å². The van der Waals surface area contributed by atoms with Gasteiger partial charge in [0.05, 0.1) is 11.0 Å². The normalized spacial score (nSPS) is 10.7. The first-order chi connectivity index (χ1) is 11.1. The molecule has 2 N–H and O–H groups in total. The first-order valence-electron chi connectivity index (χ1n) is 6.66. The molecule has 0 amide bonds. The number of benzene rings is 3. The minimum absolute atomic E-state index is 0. The van der Waals surface area contributed by atoms with Crippen molar-refractivity contribution in [3.05, 3.63) is 64.7 Å². The van der Waals surface area contributed by atoms with Crippen molar-refractivity contribution in [3.8, 4) is 11.5 Å². The van der Waals surface area contributed by atoms with Crippen LogP contribution in [0.2, 0.25) is 0 Å². The monoisotopic (exact) mass is 333 g/mol. The molecule has 0 saturated heterocycles. The number of nitrogens with zero attached hydrogens (tertiary/aromatic N) is 3. The Balaban J connectivity index is 0.00000156. The molecular weight excluding hydrogens is 321 g/mol. The van der Waals surface area contributed by atoms with Crippen molar-refractivity contribution >= 4 is 27.8 Å². The van der Waals surface area contributed by atoms with Crippen LogP contribution in [-0.4, -0.2) is 15.1 Å². The number of rotatable bonds is 3. The summed E-state index contributed by atoms with van der Waals surface area (Å²) in [5.74, 6) is -0.406. The summed E-state index contributed by atoms with van der Waals surface area (Å²) < 4.78 is 0. The predicted molar refractivity (Wildman–Crippen MR) is 85.7 cm³/mol. The van der Waals surface area contributed by atoms with Crippen LogP contribution >= 0.6 is 0 Å². The molecule has 0 fully saturated rings. The van der Waals surface area contributed by atoms with Gasteiger partial charge < -0.3 is 11.6 Å². The molecule has 0 aliphatic rings. The first-order valence-corrected chi connectivity index (χ1v) is 6.66. The quantitative estimate of drug-likeness (QED) is 0.329. The van der Waals surface area contributed by atoms with Crippen LogP contribution in [0.3, 0.4) is 0 Å². The molecule has 7 nitrogen and oxygen atoms in total. The van der Waals surface area contributed by atoms with Crippen molar-refractivity contribution in [1.82, 2.24) is 0 Å². The Hall–Kier alpha value is -2.48. The van der Waals surface area contributed by atoms with E-state index in [1.807, 2.05) is 18.2 Å². The summed E-state index contributed by atoms with van der Waals surface area (Å²) in [6, 6.07) is 14.1. The largest absolute Gasteiger partial charge is 1.00 e. The van der Waals surface area contributed by atoms with E-state index in [2.05, 4.69) is 10.2 Å². The molecule has 8 heteroatoms. The molecule has 0 saturated carbocycles. The third-order valence-electron chi connectivity index (χ3n) is 3.31. The van der Waals surface area contributed by atoms with E-state index < -0.39 is 4.92 Å². The van der Waals surface area contributed by atoms with E-state index in [4.69, 9.17) is 0 Å². The average molecular weight is 333 g/mol. The number of hydrogen-bond donors (Lipinski definition) is 2. The van der Waals surface area contributed by atoms with Gasteiger partial charge in [-0.3, -0.25) is 10.1 Å². The Labute approximate surface area is 160 Å². The average Bonchev–Trinajstić information content (AvgIpc) is 2.55. The second-order valence-corrected chi connectivity index (χ2v) is 4.78. The van der Waals surface area contributed by atoms with E-state index in [1.54, 1.807) is 12.1 Å². The number of azo groups is 1. The van der Waals surface area contributed by atoms with Crippen LogP contribution in [-0.2, 0) is 0 Å². The maximum Gasteiger partial charge on any atom is 1.00 e. The van der Waals surface area contributed by atoms with Crippen molar-refractivity contribution in [2.75, 3.05) is 0 Å². The summed E-state index contributed by atoms with van der Waals surface area (Å²) in [5, 5.41) is 39.8. The number of nitro benzene ring substituents is 1. The Kier molecular flexibility index (Phi) is 5.50. The molecule has 3 aromatic rings. The fourth-order valence-corrected chi connectivity index (χ4v) is 2.16. The standard InChI is InChI=1S/C16H11N3O4.Na.H/c20-14-8-5-10-3-1-2-4-12(10)16(14)18-17-13-7-6-11(19(22)23)9-15(13)21;;/h1-9,20-21H;;/q;+1;-1. The molecule has 3 rings (SSSR count). The van der Waals surface area contributed by atoms with Gasteiger partial charge >= 0.3 is 29.6 Å². The maximum atomic E-state index is 10.6. The van der Waals surface area contributed by atoms with Crippen molar-refractivity contribution in [3.63, 3.8) is 0 Å². The molecule has 0 aliphatic carbocycles. The third-order valence-corrected chi connectivity index (χ3v) is 3.31. The minimum Gasteiger partial charge on any atom is -1.00 e. The maximum absolute atomic E-state index is 10.6. The Morgan fingerprint density at radius 2 is 1.71 bits per heavy atom. The van der Waals surface area contributed by atoms with Crippen molar-refractivity contribution in [2.45, 2.75) is 0 Å². The Bertz CT molecular complexity index is 950. The van der Waals surface area contributed by atoms with Gasteiger partial charge in [-0.15, -0.1) is 10.2 Å². The van der Waals surface area contributed by atoms with Gasteiger partial charge in [0.1, 0.15) is 22.9 Å². The van der Waals surface area contributed by atoms with Gasteiger partial charge in [-0.05, 0) is 17.5 Å². The summed E-state index contributed by atoms with van der Waals surface area (Å²) in [6.45, 7) is 0. The van der Waals surface area contributed by atoms with E-state index in [9.17, 15) is 20.3 Å². The van der Waals surface area contributed by atoms with Gasteiger partial charge in [0.25, 0.3) is 5.69 Å². The first kappa shape index (κ1) is 17.9. The second-order valence-electron chi connectivity index (χ2n) is 4.78. The smallest absolute Gasteiger partial charge is 1.00 e. The molecule has 0 aliphatic heterocycles. The van der Waals surface area contributed by atoms with Crippen molar-refractivity contribution < 1.29 is 46.1 Å². The molecule has 116 valence electrons. The summed E-state index contributed by atoms with van der Waals surface area (Å²) in [5.41, 5.74) is 0.0956. The topological polar surface area (TPSA) is 108 Å². The van der Waals surface area contributed by atoms with Crippen LogP contribution in [0.1, 0.15) is 1.43 Å². The van der Waals surface area contributed by atoms with Gasteiger partial charge in [0.15, 0.2) is 0 Å². The molecule has 3 aromatic carbocycles. The molecule has 0 atom stereocenters. The zero-order valence-electron chi connectivity index (χ0n) is 13.7. The Morgan fingerprint density at radius 1 is 0.958 bits per heavy atom. The van der Waals surface area contributed by atoms with Crippen molar-refractivity contribution in [2.24, 2.45) is 10.2 Å². The SMILES string of the molecule is O=[N+]([O-])c1ccc(N=Nc2c(O)ccc3ccccc23)c(O)c1.[H-].[Na+]. The summed E-state index contributed by atoms with van der Waals surface area (Å²) >= 11 is 0. The van der Waals surface area contributed by atoms with Gasteiger partial charge in [-0.2, -0.15) is 0 Å². The molecule has 0 aromatic heterocycles. The number of hydrogen-bond acceptors (Lipinski definition) is 6. The van der Waals surface area contributed by atoms with E-state index in [-0.39, 0.29) is 59.5 Å². The molecule has 0 heterocycles. The van der Waals surface area contributed by atoms with Crippen LogP contribution in [0.15, 0.2) is 64.8 Å². The second kappa shape index (κ2) is 7.39.